The van der Waals surface area contributed by atoms with E-state index < -0.39 is 0 Å². The van der Waals surface area contributed by atoms with Gasteiger partial charge < -0.3 is 14.9 Å². The quantitative estimate of drug-likeness (QED) is 0.844. The molecule has 1 saturated carbocycles. The summed E-state index contributed by atoms with van der Waals surface area (Å²) in [5.41, 5.74) is 5.71. The Hall–Kier alpha value is -2.10. The fraction of sp³-hybridized carbons (Fsp3) is 0.417. The lowest BCUT2D eigenvalue weighted by Crippen LogP contribution is -2.52. The molecular formula is C24H28N2O. The van der Waals surface area contributed by atoms with E-state index in [1.165, 1.54) is 29.7 Å². The Morgan fingerprint density at radius 2 is 1.70 bits per heavy atom. The molecule has 1 N–H and O–H groups in total. The lowest BCUT2D eigenvalue weighted by Gasteiger charge is -2.45. The molecule has 2 aromatic rings. The van der Waals surface area contributed by atoms with E-state index in [9.17, 15) is 5.11 Å². The molecule has 3 heteroatoms. The molecule has 0 amide bonds. The van der Waals surface area contributed by atoms with E-state index >= 15 is 0 Å². The molecular weight excluding hydrogens is 332 g/mol. The molecule has 0 radical (unpaired) electrons. The molecule has 0 bridgehead atoms. The van der Waals surface area contributed by atoms with Crippen LogP contribution in [0.1, 0.15) is 30.0 Å². The predicted octanol–water partition coefficient (Wildman–Crippen LogP) is 3.97. The number of fused-ring (bicyclic) bond motifs is 1. The first-order valence-electron chi connectivity index (χ1n) is 10.3. The summed E-state index contributed by atoms with van der Waals surface area (Å²) in [6, 6.07) is 20.1. The van der Waals surface area contributed by atoms with Gasteiger partial charge in [0, 0.05) is 44.4 Å². The molecule has 0 unspecified atom stereocenters. The number of hydrogen-bond acceptors (Lipinski definition) is 3. The molecule has 2 aliphatic heterocycles. The van der Waals surface area contributed by atoms with Crippen LogP contribution in [0, 0.1) is 11.8 Å². The minimum Gasteiger partial charge on any atom is -0.396 e. The third kappa shape index (κ3) is 3.42. The van der Waals surface area contributed by atoms with E-state index in [0.717, 1.165) is 32.1 Å². The topological polar surface area (TPSA) is 26.7 Å². The highest BCUT2D eigenvalue weighted by atomic mass is 16.3. The maximum Gasteiger partial charge on any atom is 0.0673 e. The van der Waals surface area contributed by atoms with Crippen molar-refractivity contribution in [3.63, 3.8) is 0 Å². The van der Waals surface area contributed by atoms with Crippen LogP contribution in [0.25, 0.3) is 6.08 Å². The van der Waals surface area contributed by atoms with Crippen LogP contribution in [0.5, 0.6) is 0 Å². The number of rotatable bonds is 6. The zero-order valence-electron chi connectivity index (χ0n) is 15.8. The minimum atomic E-state index is 0.313. The molecule has 2 aromatic carbocycles. The van der Waals surface area contributed by atoms with Crippen molar-refractivity contribution in [3.8, 4) is 0 Å². The van der Waals surface area contributed by atoms with Crippen molar-refractivity contribution < 1.29 is 5.11 Å². The molecule has 0 spiro atoms. The Morgan fingerprint density at radius 3 is 2.44 bits per heavy atom. The number of nitrogens with zero attached hydrogens (tertiary/aromatic N) is 2. The first kappa shape index (κ1) is 17.0. The number of aliphatic hydroxyl groups is 1. The van der Waals surface area contributed by atoms with Gasteiger partial charge in [-0.25, -0.2) is 0 Å². The first-order chi connectivity index (χ1) is 13.3. The van der Waals surface area contributed by atoms with Crippen molar-refractivity contribution in [1.82, 2.24) is 4.90 Å². The van der Waals surface area contributed by atoms with Gasteiger partial charge in [0.2, 0.25) is 0 Å². The van der Waals surface area contributed by atoms with E-state index in [1.807, 2.05) is 0 Å². The summed E-state index contributed by atoms with van der Waals surface area (Å²) < 4.78 is 0. The molecule has 2 heterocycles. The average Bonchev–Trinajstić information content (AvgIpc) is 3.53. The fourth-order valence-corrected chi connectivity index (χ4v) is 4.62. The van der Waals surface area contributed by atoms with Crippen LogP contribution in [0.4, 0.5) is 5.69 Å². The van der Waals surface area contributed by atoms with Crippen molar-refractivity contribution in [2.24, 2.45) is 11.8 Å². The highest BCUT2D eigenvalue weighted by molar-refractivity contribution is 5.74. The van der Waals surface area contributed by atoms with Gasteiger partial charge in [-0.2, -0.15) is 0 Å². The standard InChI is InChI=1S/C24H28N2O/c27-17-18-13-25(14-18)16-24(20-6-2-1-3-7-20)26-15-22(19-10-11-19)12-21-8-4-5-9-23(21)26/h1-9,12,18-19,24,27H,10-11,13-17H2/t24-/m1/s1. The molecule has 2 fully saturated rings. The Bertz CT molecular complexity index is 821. The lowest BCUT2D eigenvalue weighted by molar-refractivity contribution is 0.0488. The molecule has 140 valence electrons. The van der Waals surface area contributed by atoms with E-state index in [1.54, 1.807) is 5.57 Å². The Balaban J connectivity index is 1.48. The van der Waals surface area contributed by atoms with Crippen LogP contribution in [-0.4, -0.2) is 42.8 Å². The van der Waals surface area contributed by atoms with Gasteiger partial charge >= 0.3 is 0 Å². The first-order valence-corrected chi connectivity index (χ1v) is 10.3. The average molecular weight is 361 g/mol. The molecule has 5 rings (SSSR count). The van der Waals surface area contributed by atoms with Crippen LogP contribution in [0.2, 0.25) is 0 Å². The van der Waals surface area contributed by atoms with E-state index in [4.69, 9.17) is 0 Å². The molecule has 1 aliphatic carbocycles. The second-order valence-electron chi connectivity index (χ2n) is 8.37. The summed E-state index contributed by atoms with van der Waals surface area (Å²) in [6.45, 7) is 4.40. The number of aliphatic hydroxyl groups excluding tert-OH is 1. The highest BCUT2D eigenvalue weighted by Gasteiger charge is 2.35. The van der Waals surface area contributed by atoms with E-state index in [0.29, 0.717) is 18.6 Å². The molecule has 1 saturated heterocycles. The molecule has 3 aliphatic rings. The van der Waals surface area contributed by atoms with Gasteiger partial charge in [0.25, 0.3) is 0 Å². The van der Waals surface area contributed by atoms with Crippen molar-refractivity contribution in [1.29, 1.82) is 0 Å². The third-order valence-corrected chi connectivity index (χ3v) is 6.32. The lowest BCUT2D eigenvalue weighted by atomic mass is 9.93. The number of anilines is 1. The normalized spacial score (nSPS) is 21.4. The molecule has 3 nitrogen and oxygen atoms in total. The predicted molar refractivity (Wildman–Crippen MR) is 111 cm³/mol. The number of para-hydroxylation sites is 1. The summed E-state index contributed by atoms with van der Waals surface area (Å²) in [5, 5.41) is 9.39. The maximum atomic E-state index is 9.39. The Labute approximate surface area is 161 Å². The van der Waals surface area contributed by atoms with Crippen LogP contribution in [0.15, 0.2) is 60.2 Å². The second-order valence-corrected chi connectivity index (χ2v) is 8.37. The highest BCUT2D eigenvalue weighted by Crippen LogP contribution is 2.44. The largest absolute Gasteiger partial charge is 0.396 e. The number of likely N-dealkylation sites (tertiary alicyclic amines) is 1. The van der Waals surface area contributed by atoms with Crippen molar-refractivity contribution in [2.75, 3.05) is 37.7 Å². The zero-order chi connectivity index (χ0) is 18.2. The van der Waals surface area contributed by atoms with Gasteiger partial charge in [-0.05, 0) is 41.5 Å². The van der Waals surface area contributed by atoms with E-state index in [2.05, 4.69) is 70.5 Å². The number of hydrogen-bond donors (Lipinski definition) is 1. The van der Waals surface area contributed by atoms with Gasteiger partial charge in [0.1, 0.15) is 0 Å². The molecule has 0 aromatic heterocycles. The molecule has 1 atom stereocenters. The zero-order valence-corrected chi connectivity index (χ0v) is 15.8. The van der Waals surface area contributed by atoms with Crippen molar-refractivity contribution in [3.05, 3.63) is 71.3 Å². The van der Waals surface area contributed by atoms with Gasteiger partial charge in [-0.1, -0.05) is 54.6 Å². The monoisotopic (exact) mass is 360 g/mol. The summed E-state index contributed by atoms with van der Waals surface area (Å²) in [7, 11) is 0. The van der Waals surface area contributed by atoms with Crippen LogP contribution in [-0.2, 0) is 0 Å². The smallest absolute Gasteiger partial charge is 0.0673 e. The fourth-order valence-electron chi connectivity index (χ4n) is 4.62. The van der Waals surface area contributed by atoms with Crippen LogP contribution in [0.3, 0.4) is 0 Å². The number of benzene rings is 2. The van der Waals surface area contributed by atoms with Crippen molar-refractivity contribution >= 4 is 11.8 Å². The summed E-state index contributed by atoms with van der Waals surface area (Å²) in [5.74, 6) is 1.25. The van der Waals surface area contributed by atoms with Gasteiger partial charge in [-0.15, -0.1) is 0 Å². The van der Waals surface area contributed by atoms with E-state index in [-0.39, 0.29) is 0 Å². The SMILES string of the molecule is OCC1CN(C[C@H](c2ccccc2)N2CC(C3CC3)=Cc3ccccc32)C1. The minimum absolute atomic E-state index is 0.313. The van der Waals surface area contributed by atoms with Gasteiger partial charge in [0.15, 0.2) is 0 Å². The summed E-state index contributed by atoms with van der Waals surface area (Å²) >= 11 is 0. The third-order valence-electron chi connectivity index (χ3n) is 6.32. The van der Waals surface area contributed by atoms with Gasteiger partial charge in [-0.3, -0.25) is 0 Å². The molecule has 27 heavy (non-hydrogen) atoms. The summed E-state index contributed by atoms with van der Waals surface area (Å²) in [4.78, 5) is 5.13. The Morgan fingerprint density at radius 1 is 0.963 bits per heavy atom. The maximum absolute atomic E-state index is 9.39. The Kier molecular flexibility index (Phi) is 4.50. The summed E-state index contributed by atoms with van der Waals surface area (Å²) in [6.07, 6.45) is 5.14. The van der Waals surface area contributed by atoms with Gasteiger partial charge in [0.05, 0.1) is 6.04 Å². The van der Waals surface area contributed by atoms with Crippen LogP contribution >= 0.6 is 0 Å². The second kappa shape index (κ2) is 7.14. The van der Waals surface area contributed by atoms with Crippen LogP contribution < -0.4 is 4.90 Å². The van der Waals surface area contributed by atoms with Crippen molar-refractivity contribution in [2.45, 2.75) is 18.9 Å².